The zero-order valence-corrected chi connectivity index (χ0v) is 10.9. The summed E-state index contributed by atoms with van der Waals surface area (Å²) in [5, 5.41) is 3.07. The summed E-state index contributed by atoms with van der Waals surface area (Å²) in [6, 6.07) is 0. The summed E-state index contributed by atoms with van der Waals surface area (Å²) in [4.78, 5) is 27.2. The molecule has 4 nitrogen and oxygen atoms in total. The van der Waals surface area contributed by atoms with Crippen LogP contribution < -0.4 is 5.32 Å². The summed E-state index contributed by atoms with van der Waals surface area (Å²) < 4.78 is 0. The van der Waals surface area contributed by atoms with Gasteiger partial charge in [-0.2, -0.15) is 0 Å². The van der Waals surface area contributed by atoms with Gasteiger partial charge in [0, 0.05) is 6.54 Å². The van der Waals surface area contributed by atoms with Gasteiger partial charge in [0.2, 0.25) is 11.8 Å². The highest BCUT2D eigenvalue weighted by molar-refractivity contribution is 6.05. The summed E-state index contributed by atoms with van der Waals surface area (Å²) in [6.45, 7) is 2.74. The van der Waals surface area contributed by atoms with Crippen LogP contribution in [0.15, 0.2) is 0 Å². The van der Waals surface area contributed by atoms with Gasteiger partial charge in [-0.05, 0) is 44.4 Å². The molecule has 2 amide bonds. The van der Waals surface area contributed by atoms with Crippen molar-refractivity contribution in [1.29, 1.82) is 0 Å². The molecule has 4 heterocycles. The third-order valence-electron chi connectivity index (χ3n) is 6.00. The number of hydrogen-bond acceptors (Lipinski definition) is 2. The van der Waals surface area contributed by atoms with Crippen LogP contribution in [-0.2, 0) is 9.59 Å². The first kappa shape index (κ1) is 10.8. The molecule has 4 heteroatoms. The van der Waals surface area contributed by atoms with Crippen molar-refractivity contribution in [3.63, 3.8) is 0 Å². The zero-order chi connectivity index (χ0) is 12.5. The Morgan fingerprint density at radius 2 is 1.89 bits per heavy atom. The fourth-order valence-corrected chi connectivity index (χ4v) is 5.24. The standard InChI is InChI=1S/C14H20N2O2/c1-13-9-5-2-3-6-10(9)14(11(17)15-13)7-4-8-16(14)12(13)18/h9-10H,2-8H2,1H3,(H,15,17)/t9-,10+,13+,14+/m0/s1. The van der Waals surface area contributed by atoms with Crippen LogP contribution in [0.1, 0.15) is 45.4 Å². The molecule has 4 aliphatic heterocycles. The summed E-state index contributed by atoms with van der Waals surface area (Å²) in [5.74, 6) is 1.09. The molecule has 0 radical (unpaired) electrons. The Balaban J connectivity index is 1.91. The second-order valence-corrected chi connectivity index (χ2v) is 6.64. The molecule has 0 unspecified atom stereocenters. The average molecular weight is 248 g/mol. The van der Waals surface area contributed by atoms with E-state index in [0.717, 1.165) is 32.2 Å². The minimum atomic E-state index is -0.617. The van der Waals surface area contributed by atoms with Gasteiger partial charge in [0.1, 0.15) is 11.1 Å². The lowest BCUT2D eigenvalue weighted by Crippen LogP contribution is -2.84. The molecule has 1 spiro atoms. The van der Waals surface area contributed by atoms with Crippen molar-refractivity contribution in [1.82, 2.24) is 10.2 Å². The van der Waals surface area contributed by atoms with E-state index in [9.17, 15) is 9.59 Å². The van der Waals surface area contributed by atoms with E-state index in [2.05, 4.69) is 5.32 Å². The van der Waals surface area contributed by atoms with Gasteiger partial charge < -0.3 is 10.2 Å². The van der Waals surface area contributed by atoms with E-state index in [0.29, 0.717) is 11.8 Å². The van der Waals surface area contributed by atoms with Crippen molar-refractivity contribution in [2.45, 2.75) is 56.5 Å². The minimum Gasteiger partial charge on any atom is -0.340 e. The smallest absolute Gasteiger partial charge is 0.249 e. The zero-order valence-electron chi connectivity index (χ0n) is 10.9. The molecule has 5 rings (SSSR count). The van der Waals surface area contributed by atoms with Crippen LogP contribution in [0.5, 0.6) is 0 Å². The molecule has 4 saturated heterocycles. The fraction of sp³-hybridized carbons (Fsp3) is 0.857. The third-order valence-corrected chi connectivity index (χ3v) is 6.00. The number of carbonyl (C=O) groups is 2. The summed E-state index contributed by atoms with van der Waals surface area (Å²) in [7, 11) is 0. The average Bonchev–Trinajstić information content (AvgIpc) is 2.81. The van der Waals surface area contributed by atoms with E-state index >= 15 is 0 Å². The lowest BCUT2D eigenvalue weighted by atomic mass is 9.54. The molecular weight excluding hydrogens is 228 g/mol. The Morgan fingerprint density at radius 3 is 2.67 bits per heavy atom. The molecule has 1 N–H and O–H groups in total. The Labute approximate surface area is 107 Å². The van der Waals surface area contributed by atoms with Gasteiger partial charge in [-0.15, -0.1) is 0 Å². The van der Waals surface area contributed by atoms with Gasteiger partial charge in [-0.1, -0.05) is 12.8 Å². The predicted octanol–water partition coefficient (Wildman–Crippen LogP) is 1.06. The number of rotatable bonds is 0. The predicted molar refractivity (Wildman–Crippen MR) is 65.7 cm³/mol. The van der Waals surface area contributed by atoms with E-state index in [1.165, 1.54) is 12.8 Å². The van der Waals surface area contributed by atoms with Crippen LogP contribution in [0, 0.1) is 11.8 Å². The number of carbonyl (C=O) groups excluding carboxylic acids is 2. The molecule has 5 fully saturated rings. The van der Waals surface area contributed by atoms with Gasteiger partial charge in [-0.25, -0.2) is 0 Å². The fourth-order valence-electron chi connectivity index (χ4n) is 5.24. The number of hydrogen-bond donors (Lipinski definition) is 1. The van der Waals surface area contributed by atoms with Crippen molar-refractivity contribution >= 4 is 11.8 Å². The largest absolute Gasteiger partial charge is 0.340 e. The van der Waals surface area contributed by atoms with E-state index < -0.39 is 11.1 Å². The Bertz CT molecular complexity index is 449. The third kappa shape index (κ3) is 0.928. The first-order valence-corrected chi connectivity index (χ1v) is 7.25. The summed E-state index contributed by atoms with van der Waals surface area (Å²) >= 11 is 0. The van der Waals surface area contributed by atoms with Crippen molar-refractivity contribution in [2.24, 2.45) is 11.8 Å². The maximum absolute atomic E-state index is 12.7. The van der Waals surface area contributed by atoms with Crippen LogP contribution in [0.3, 0.4) is 0 Å². The minimum absolute atomic E-state index is 0.130. The van der Waals surface area contributed by atoms with E-state index in [1.54, 1.807) is 0 Å². The highest BCUT2D eigenvalue weighted by Crippen LogP contribution is 2.56. The maximum atomic E-state index is 12.7. The maximum Gasteiger partial charge on any atom is 0.249 e. The molecule has 1 saturated carbocycles. The molecule has 1 aliphatic carbocycles. The lowest BCUT2D eigenvalue weighted by molar-refractivity contribution is -0.186. The van der Waals surface area contributed by atoms with Crippen molar-refractivity contribution in [3.05, 3.63) is 0 Å². The van der Waals surface area contributed by atoms with Gasteiger partial charge in [0.05, 0.1) is 0 Å². The second-order valence-electron chi connectivity index (χ2n) is 6.64. The molecule has 5 aliphatic rings. The number of nitrogens with zero attached hydrogens (tertiary/aromatic N) is 1. The van der Waals surface area contributed by atoms with E-state index in [-0.39, 0.29) is 11.8 Å². The van der Waals surface area contributed by atoms with Crippen molar-refractivity contribution < 1.29 is 9.59 Å². The quantitative estimate of drug-likeness (QED) is 0.697. The van der Waals surface area contributed by atoms with Crippen LogP contribution in [0.4, 0.5) is 0 Å². The monoisotopic (exact) mass is 248 g/mol. The van der Waals surface area contributed by atoms with Crippen LogP contribution in [-0.4, -0.2) is 34.3 Å². The van der Waals surface area contributed by atoms with Gasteiger partial charge in [0.25, 0.3) is 0 Å². The molecule has 4 atom stereocenters. The van der Waals surface area contributed by atoms with Gasteiger partial charge in [0.15, 0.2) is 0 Å². The molecule has 18 heavy (non-hydrogen) atoms. The molecule has 0 aromatic heterocycles. The highest BCUT2D eigenvalue weighted by atomic mass is 16.2. The molecule has 98 valence electrons. The Kier molecular flexibility index (Phi) is 1.86. The van der Waals surface area contributed by atoms with Crippen molar-refractivity contribution in [3.8, 4) is 0 Å². The van der Waals surface area contributed by atoms with Crippen LogP contribution in [0.25, 0.3) is 0 Å². The SMILES string of the molecule is C[C@]12NC(=O)[C@@]3(CCCN3C1=O)[C@@H]1CCCC[C@@H]12. The molecule has 2 bridgehead atoms. The Morgan fingerprint density at radius 1 is 1.17 bits per heavy atom. The summed E-state index contributed by atoms with van der Waals surface area (Å²) in [5.41, 5.74) is -1.09. The van der Waals surface area contributed by atoms with Crippen LogP contribution >= 0.6 is 0 Å². The number of fused-ring (bicyclic) bond motifs is 1. The van der Waals surface area contributed by atoms with Crippen LogP contribution in [0.2, 0.25) is 0 Å². The van der Waals surface area contributed by atoms with Gasteiger partial charge in [-0.3, -0.25) is 9.59 Å². The van der Waals surface area contributed by atoms with Crippen molar-refractivity contribution in [2.75, 3.05) is 6.54 Å². The topological polar surface area (TPSA) is 49.4 Å². The summed E-state index contributed by atoms with van der Waals surface area (Å²) in [6.07, 6.45) is 6.50. The number of piperazine rings is 1. The van der Waals surface area contributed by atoms with E-state index in [4.69, 9.17) is 0 Å². The number of nitrogens with one attached hydrogen (secondary N) is 1. The second kappa shape index (κ2) is 3.09. The normalized spacial score (nSPS) is 49.9. The highest BCUT2D eigenvalue weighted by Gasteiger charge is 2.71. The first-order valence-electron chi connectivity index (χ1n) is 7.25. The van der Waals surface area contributed by atoms with Gasteiger partial charge >= 0.3 is 0 Å². The lowest BCUT2D eigenvalue weighted by Gasteiger charge is -2.63. The number of piperidine rings is 2. The van der Waals surface area contributed by atoms with E-state index in [1.807, 2.05) is 11.8 Å². The Hall–Kier alpha value is -1.06. The molecule has 0 aromatic carbocycles. The molecular formula is C14H20N2O2. The number of amides is 2. The first-order chi connectivity index (χ1) is 8.60. The molecule has 0 aromatic rings.